The van der Waals surface area contributed by atoms with E-state index in [1.165, 1.54) is 25.3 Å². The summed E-state index contributed by atoms with van der Waals surface area (Å²) < 4.78 is 27.7. The van der Waals surface area contributed by atoms with Crippen molar-refractivity contribution >= 4 is 17.6 Å². The number of rotatable bonds is 12. The molecule has 1 aromatic rings. The van der Waals surface area contributed by atoms with Crippen LogP contribution < -0.4 is 0 Å². The molecule has 0 atom stereocenters. The van der Waals surface area contributed by atoms with Crippen LogP contribution in [0.5, 0.6) is 0 Å². The van der Waals surface area contributed by atoms with E-state index in [1.54, 1.807) is 0 Å². The standard InChI is InChI=1S/C17H26ClF2NO2/c1-2-3-4-5-6-7-8-10-17(19,20)11-9-13-12-14(18)15(21-13)16(22)23/h12,21H,2-11H2,1H3,(H,22,23). The van der Waals surface area contributed by atoms with E-state index >= 15 is 0 Å². The predicted octanol–water partition coefficient (Wildman–Crippen LogP) is 6.07. The first-order chi connectivity index (χ1) is 10.9. The Hall–Kier alpha value is -1.10. The SMILES string of the molecule is CCCCCCCCCC(F)(F)CCc1cc(Cl)c(C(=O)O)[nH]1. The van der Waals surface area contributed by atoms with Crippen molar-refractivity contribution in [1.29, 1.82) is 0 Å². The number of unbranched alkanes of at least 4 members (excludes halogenated alkanes) is 6. The zero-order chi connectivity index (χ0) is 17.3. The van der Waals surface area contributed by atoms with Gasteiger partial charge in [-0.2, -0.15) is 0 Å². The second kappa shape index (κ2) is 9.91. The molecule has 0 radical (unpaired) electrons. The Labute approximate surface area is 141 Å². The number of H-pyrrole nitrogens is 1. The Morgan fingerprint density at radius 3 is 2.35 bits per heavy atom. The number of aromatic nitrogens is 1. The topological polar surface area (TPSA) is 53.1 Å². The first kappa shape index (κ1) is 19.9. The van der Waals surface area contributed by atoms with Gasteiger partial charge < -0.3 is 10.1 Å². The highest BCUT2D eigenvalue weighted by Gasteiger charge is 2.28. The highest BCUT2D eigenvalue weighted by Crippen LogP contribution is 2.28. The quantitative estimate of drug-likeness (QED) is 0.449. The molecule has 2 N–H and O–H groups in total. The Bertz CT molecular complexity index is 489. The minimum atomic E-state index is -2.72. The van der Waals surface area contributed by atoms with E-state index < -0.39 is 11.9 Å². The average molecular weight is 350 g/mol. The average Bonchev–Trinajstić information content (AvgIpc) is 2.86. The zero-order valence-electron chi connectivity index (χ0n) is 13.6. The molecule has 0 unspecified atom stereocenters. The summed E-state index contributed by atoms with van der Waals surface area (Å²) in [5.41, 5.74) is 0.295. The van der Waals surface area contributed by atoms with Crippen LogP contribution in [0.25, 0.3) is 0 Å². The van der Waals surface area contributed by atoms with Crippen LogP contribution in [0.2, 0.25) is 5.02 Å². The predicted molar refractivity (Wildman–Crippen MR) is 88.6 cm³/mol. The number of hydrogen-bond donors (Lipinski definition) is 2. The number of carbonyl (C=O) groups is 1. The second-order valence-electron chi connectivity index (χ2n) is 6.05. The number of aryl methyl sites for hydroxylation is 1. The van der Waals surface area contributed by atoms with Gasteiger partial charge in [-0.05, 0) is 18.9 Å². The van der Waals surface area contributed by atoms with Crippen molar-refractivity contribution < 1.29 is 18.7 Å². The number of aromatic carboxylic acids is 1. The van der Waals surface area contributed by atoms with Crippen LogP contribution in [0, 0.1) is 0 Å². The summed E-state index contributed by atoms with van der Waals surface area (Å²) in [6, 6.07) is 1.41. The van der Waals surface area contributed by atoms with Gasteiger partial charge in [0.25, 0.3) is 0 Å². The molecule has 0 spiro atoms. The van der Waals surface area contributed by atoms with Crippen LogP contribution in [-0.2, 0) is 6.42 Å². The molecule has 6 heteroatoms. The lowest BCUT2D eigenvalue weighted by Crippen LogP contribution is -2.17. The monoisotopic (exact) mass is 349 g/mol. The van der Waals surface area contributed by atoms with E-state index in [0.29, 0.717) is 12.1 Å². The molecule has 1 rings (SSSR count). The largest absolute Gasteiger partial charge is 0.477 e. The van der Waals surface area contributed by atoms with Gasteiger partial charge in [0, 0.05) is 18.5 Å². The number of aromatic amines is 1. The van der Waals surface area contributed by atoms with E-state index in [2.05, 4.69) is 11.9 Å². The van der Waals surface area contributed by atoms with Crippen LogP contribution in [0.3, 0.4) is 0 Å². The first-order valence-corrected chi connectivity index (χ1v) is 8.72. The maximum Gasteiger partial charge on any atom is 0.353 e. The van der Waals surface area contributed by atoms with Crippen molar-refractivity contribution in [3.8, 4) is 0 Å². The van der Waals surface area contributed by atoms with Gasteiger partial charge in [-0.3, -0.25) is 0 Å². The molecular formula is C17H26ClF2NO2. The van der Waals surface area contributed by atoms with Crippen LogP contribution >= 0.6 is 11.6 Å². The van der Waals surface area contributed by atoms with Crippen LogP contribution in [0.15, 0.2) is 6.07 Å². The lowest BCUT2D eigenvalue weighted by Gasteiger charge is -2.15. The number of nitrogens with one attached hydrogen (secondary N) is 1. The molecule has 0 aliphatic heterocycles. The van der Waals surface area contributed by atoms with Gasteiger partial charge >= 0.3 is 5.97 Å². The molecule has 0 fully saturated rings. The number of hydrogen-bond acceptors (Lipinski definition) is 1. The summed E-state index contributed by atoms with van der Waals surface area (Å²) in [6.07, 6.45) is 6.80. The molecule has 0 aromatic carbocycles. The molecule has 1 aromatic heterocycles. The van der Waals surface area contributed by atoms with Gasteiger partial charge in [0.1, 0.15) is 5.69 Å². The summed E-state index contributed by atoms with van der Waals surface area (Å²) in [5, 5.41) is 8.92. The lowest BCUT2D eigenvalue weighted by molar-refractivity contribution is -0.0182. The van der Waals surface area contributed by atoms with E-state index in [1.807, 2.05) is 0 Å². The molecule has 0 amide bonds. The van der Waals surface area contributed by atoms with Crippen molar-refractivity contribution in [2.45, 2.75) is 77.1 Å². The second-order valence-corrected chi connectivity index (χ2v) is 6.46. The first-order valence-electron chi connectivity index (χ1n) is 8.34. The third-order valence-electron chi connectivity index (χ3n) is 3.95. The van der Waals surface area contributed by atoms with Crippen LogP contribution in [0.1, 0.15) is 80.9 Å². The molecule has 23 heavy (non-hydrogen) atoms. The lowest BCUT2D eigenvalue weighted by atomic mass is 10.0. The zero-order valence-corrected chi connectivity index (χ0v) is 14.4. The summed E-state index contributed by atoms with van der Waals surface area (Å²) in [5.74, 6) is -3.90. The smallest absolute Gasteiger partial charge is 0.353 e. The molecule has 3 nitrogen and oxygen atoms in total. The van der Waals surface area contributed by atoms with E-state index in [4.69, 9.17) is 16.7 Å². The molecule has 132 valence electrons. The van der Waals surface area contributed by atoms with Gasteiger partial charge in [0.15, 0.2) is 0 Å². The van der Waals surface area contributed by atoms with Crippen molar-refractivity contribution in [3.05, 3.63) is 22.5 Å². The number of alkyl halides is 2. The summed E-state index contributed by atoms with van der Waals surface area (Å²) >= 11 is 5.74. The van der Waals surface area contributed by atoms with Crippen molar-refractivity contribution in [1.82, 2.24) is 4.98 Å². The number of carboxylic acid groups (broad SMARTS) is 1. The van der Waals surface area contributed by atoms with Crippen molar-refractivity contribution in [2.24, 2.45) is 0 Å². The maximum atomic E-state index is 13.8. The minimum Gasteiger partial charge on any atom is -0.477 e. The number of halogens is 3. The van der Waals surface area contributed by atoms with Gasteiger partial charge in [-0.1, -0.05) is 57.0 Å². The van der Waals surface area contributed by atoms with Gasteiger partial charge in [0.2, 0.25) is 5.92 Å². The van der Waals surface area contributed by atoms with E-state index in [9.17, 15) is 13.6 Å². The molecule has 0 aliphatic rings. The van der Waals surface area contributed by atoms with Gasteiger partial charge in [0.05, 0.1) is 5.02 Å². The Morgan fingerprint density at radius 1 is 1.17 bits per heavy atom. The molecule has 0 saturated heterocycles. The Kier molecular flexibility index (Phi) is 8.59. The van der Waals surface area contributed by atoms with Crippen molar-refractivity contribution in [3.63, 3.8) is 0 Å². The molecule has 0 saturated carbocycles. The third-order valence-corrected chi connectivity index (χ3v) is 4.24. The van der Waals surface area contributed by atoms with Gasteiger partial charge in [-0.25, -0.2) is 13.6 Å². The maximum absolute atomic E-state index is 13.8. The van der Waals surface area contributed by atoms with E-state index in [0.717, 1.165) is 19.3 Å². The minimum absolute atomic E-state index is 0.0582. The highest BCUT2D eigenvalue weighted by molar-refractivity contribution is 6.33. The normalized spacial score (nSPS) is 11.8. The third kappa shape index (κ3) is 7.82. The highest BCUT2D eigenvalue weighted by atomic mass is 35.5. The molecule has 1 heterocycles. The number of carboxylic acids is 1. The van der Waals surface area contributed by atoms with Crippen molar-refractivity contribution in [2.75, 3.05) is 0 Å². The molecule has 0 aliphatic carbocycles. The summed E-state index contributed by atoms with van der Waals surface area (Å²) in [4.78, 5) is 13.4. The fraction of sp³-hybridized carbons (Fsp3) is 0.706. The summed E-state index contributed by atoms with van der Waals surface area (Å²) in [7, 11) is 0. The van der Waals surface area contributed by atoms with Crippen LogP contribution in [-0.4, -0.2) is 22.0 Å². The van der Waals surface area contributed by atoms with Gasteiger partial charge in [-0.15, -0.1) is 0 Å². The molecule has 0 bridgehead atoms. The summed E-state index contributed by atoms with van der Waals surface area (Å²) in [6.45, 7) is 2.15. The Balaban J connectivity index is 2.27. The fourth-order valence-electron chi connectivity index (χ4n) is 2.56. The Morgan fingerprint density at radius 2 is 1.78 bits per heavy atom. The molecular weight excluding hydrogens is 324 g/mol. The van der Waals surface area contributed by atoms with E-state index in [-0.39, 0.29) is 30.0 Å². The van der Waals surface area contributed by atoms with Crippen LogP contribution in [0.4, 0.5) is 8.78 Å². The fourth-order valence-corrected chi connectivity index (χ4v) is 2.81.